The third-order valence-electron chi connectivity index (χ3n) is 5.43. The fourth-order valence-corrected chi connectivity index (χ4v) is 4.03. The van der Waals surface area contributed by atoms with Crippen molar-refractivity contribution in [2.24, 2.45) is 0 Å². The normalized spacial score (nSPS) is 18.8. The molecule has 8 nitrogen and oxygen atoms in total. The van der Waals surface area contributed by atoms with Crippen molar-refractivity contribution in [3.05, 3.63) is 42.2 Å². The first-order chi connectivity index (χ1) is 14.9. The lowest BCUT2D eigenvalue weighted by Crippen LogP contribution is -2.46. The number of ether oxygens (including phenoxy) is 1. The maximum absolute atomic E-state index is 12.3. The monoisotopic (exact) mass is 437 g/mol. The number of amides is 1. The van der Waals surface area contributed by atoms with E-state index in [-0.39, 0.29) is 12.1 Å². The van der Waals surface area contributed by atoms with Crippen LogP contribution in [0.3, 0.4) is 0 Å². The van der Waals surface area contributed by atoms with E-state index in [0.29, 0.717) is 29.8 Å². The van der Waals surface area contributed by atoms with Crippen LogP contribution in [0.1, 0.15) is 46.6 Å². The number of aliphatic hydroxyl groups is 1. The summed E-state index contributed by atoms with van der Waals surface area (Å²) < 4.78 is 5.39. The molecule has 0 radical (unpaired) electrons. The number of nitriles is 1. The third kappa shape index (κ3) is 5.29. The number of nitrogen functional groups attached to an aromatic ring is 1. The van der Waals surface area contributed by atoms with Crippen molar-refractivity contribution in [3.63, 3.8) is 0 Å². The molecule has 2 heterocycles. The van der Waals surface area contributed by atoms with E-state index < -0.39 is 17.3 Å². The molecule has 1 aliphatic rings. The molecule has 3 rings (SSSR count). The molecule has 1 amide bonds. The number of carbonyl (C=O) groups is 1. The average Bonchev–Trinajstić information content (AvgIpc) is 3.10. The van der Waals surface area contributed by atoms with Crippen molar-refractivity contribution in [3.8, 4) is 17.2 Å². The molecule has 0 aliphatic carbocycles. The molecule has 32 heavy (non-hydrogen) atoms. The molecular formula is C24H31N5O3. The Hall–Kier alpha value is -3.31. The Morgan fingerprint density at radius 2 is 2.03 bits per heavy atom. The van der Waals surface area contributed by atoms with E-state index in [9.17, 15) is 15.2 Å². The molecular weight excluding hydrogens is 406 g/mol. The first-order valence-electron chi connectivity index (χ1n) is 10.6. The number of benzene rings is 1. The standard InChI is InChI=1S/C24H31N5O3/c1-23(2,3)32-22(30)28-17-11-21(24(4,5)31)29(14-17)20-10-15(6-7-19(20)26)18-13-27-9-8-16(18)12-25/h6-10,13,17,21,31H,11,14,26H2,1-5H3,(H,28,30). The van der Waals surface area contributed by atoms with E-state index >= 15 is 0 Å². The van der Waals surface area contributed by atoms with Gasteiger partial charge in [0.2, 0.25) is 0 Å². The number of rotatable bonds is 4. The predicted molar refractivity (Wildman–Crippen MR) is 124 cm³/mol. The summed E-state index contributed by atoms with van der Waals surface area (Å²) in [6.07, 6.45) is 3.27. The highest BCUT2D eigenvalue weighted by Gasteiger charge is 2.42. The molecule has 0 saturated carbocycles. The van der Waals surface area contributed by atoms with Crippen LogP contribution in [0.25, 0.3) is 11.1 Å². The number of nitrogens with two attached hydrogens (primary N) is 1. The van der Waals surface area contributed by atoms with Crippen molar-refractivity contribution in [2.75, 3.05) is 17.2 Å². The lowest BCUT2D eigenvalue weighted by Gasteiger charge is -2.35. The van der Waals surface area contributed by atoms with Crippen LogP contribution < -0.4 is 16.0 Å². The lowest BCUT2D eigenvalue weighted by molar-refractivity contribution is 0.0456. The largest absolute Gasteiger partial charge is 0.444 e. The van der Waals surface area contributed by atoms with Crippen molar-refractivity contribution in [1.82, 2.24) is 10.3 Å². The highest BCUT2D eigenvalue weighted by molar-refractivity contribution is 5.79. The first-order valence-corrected chi connectivity index (χ1v) is 10.6. The summed E-state index contributed by atoms with van der Waals surface area (Å²) in [5, 5.41) is 23.2. The second kappa shape index (κ2) is 8.67. The van der Waals surface area contributed by atoms with E-state index in [4.69, 9.17) is 10.5 Å². The molecule has 2 unspecified atom stereocenters. The molecule has 2 aromatic rings. The van der Waals surface area contributed by atoms with E-state index in [0.717, 1.165) is 11.3 Å². The molecule has 0 bridgehead atoms. The SMILES string of the molecule is CC(C)(C)OC(=O)NC1CC(C(C)(C)O)N(c2cc(-c3cnccc3C#N)ccc2N)C1. The number of nitrogens with one attached hydrogen (secondary N) is 1. The number of hydrogen-bond acceptors (Lipinski definition) is 7. The van der Waals surface area contributed by atoms with Crippen LogP contribution in [0.4, 0.5) is 16.2 Å². The summed E-state index contributed by atoms with van der Waals surface area (Å²) in [7, 11) is 0. The minimum atomic E-state index is -1.04. The quantitative estimate of drug-likeness (QED) is 0.626. The highest BCUT2D eigenvalue weighted by Crippen LogP contribution is 2.38. The van der Waals surface area contributed by atoms with Gasteiger partial charge < -0.3 is 25.8 Å². The Morgan fingerprint density at radius 3 is 2.66 bits per heavy atom. The number of pyridine rings is 1. The Bertz CT molecular complexity index is 1030. The average molecular weight is 438 g/mol. The summed E-state index contributed by atoms with van der Waals surface area (Å²) in [4.78, 5) is 18.5. The van der Waals surface area contributed by atoms with Gasteiger partial charge in [0.05, 0.1) is 40.7 Å². The molecule has 1 aromatic heterocycles. The molecule has 1 fully saturated rings. The first kappa shape index (κ1) is 23.4. The fourth-order valence-electron chi connectivity index (χ4n) is 4.03. The summed E-state index contributed by atoms with van der Waals surface area (Å²) in [5.74, 6) is 0. The zero-order chi connectivity index (χ0) is 23.7. The van der Waals surface area contributed by atoms with Gasteiger partial charge in [-0.2, -0.15) is 5.26 Å². The van der Waals surface area contributed by atoms with Gasteiger partial charge in [-0.25, -0.2) is 4.79 Å². The van der Waals surface area contributed by atoms with Gasteiger partial charge in [-0.05, 0) is 64.8 Å². The maximum atomic E-state index is 12.3. The van der Waals surface area contributed by atoms with E-state index in [1.54, 1.807) is 38.4 Å². The number of hydrogen-bond donors (Lipinski definition) is 3. The van der Waals surface area contributed by atoms with Crippen molar-refractivity contribution >= 4 is 17.5 Å². The van der Waals surface area contributed by atoms with Crippen molar-refractivity contribution in [1.29, 1.82) is 5.26 Å². The maximum Gasteiger partial charge on any atom is 0.407 e. The number of carbonyl (C=O) groups excluding carboxylic acids is 1. The Balaban J connectivity index is 1.94. The molecule has 1 saturated heterocycles. The zero-order valence-electron chi connectivity index (χ0n) is 19.2. The highest BCUT2D eigenvalue weighted by atomic mass is 16.6. The number of anilines is 2. The third-order valence-corrected chi connectivity index (χ3v) is 5.43. The van der Waals surface area contributed by atoms with Crippen LogP contribution in [0.5, 0.6) is 0 Å². The van der Waals surface area contributed by atoms with Gasteiger partial charge in [0, 0.05) is 24.5 Å². The predicted octanol–water partition coefficient (Wildman–Crippen LogP) is 3.45. The minimum absolute atomic E-state index is 0.225. The van der Waals surface area contributed by atoms with Crippen LogP contribution in [-0.2, 0) is 4.74 Å². The fraction of sp³-hybridized carbons (Fsp3) is 0.458. The smallest absolute Gasteiger partial charge is 0.407 e. The lowest BCUT2D eigenvalue weighted by atomic mass is 9.94. The van der Waals surface area contributed by atoms with Crippen LogP contribution in [0, 0.1) is 11.3 Å². The second-order valence-electron chi connectivity index (χ2n) is 9.71. The van der Waals surface area contributed by atoms with Crippen molar-refractivity contribution < 1.29 is 14.6 Å². The van der Waals surface area contributed by atoms with Gasteiger partial charge in [0.25, 0.3) is 0 Å². The van der Waals surface area contributed by atoms with Gasteiger partial charge >= 0.3 is 6.09 Å². The summed E-state index contributed by atoms with van der Waals surface area (Å²) in [6, 6.07) is 8.89. The topological polar surface area (TPSA) is 124 Å². The van der Waals surface area contributed by atoms with E-state index in [1.807, 2.05) is 37.8 Å². The molecule has 0 spiro atoms. The minimum Gasteiger partial charge on any atom is -0.444 e. The Labute approximate surface area is 189 Å². The second-order valence-corrected chi connectivity index (χ2v) is 9.71. The molecule has 1 aliphatic heterocycles. The molecule has 170 valence electrons. The van der Waals surface area contributed by atoms with Gasteiger partial charge in [-0.15, -0.1) is 0 Å². The molecule has 4 N–H and O–H groups in total. The number of aromatic nitrogens is 1. The molecule has 1 aromatic carbocycles. The molecule has 2 atom stereocenters. The summed E-state index contributed by atoms with van der Waals surface area (Å²) >= 11 is 0. The summed E-state index contributed by atoms with van der Waals surface area (Å²) in [6.45, 7) is 9.39. The number of nitrogens with zero attached hydrogens (tertiary/aromatic N) is 3. The van der Waals surface area contributed by atoms with Crippen LogP contribution >= 0.6 is 0 Å². The van der Waals surface area contributed by atoms with Gasteiger partial charge in [-0.1, -0.05) is 6.07 Å². The van der Waals surface area contributed by atoms with Crippen molar-refractivity contribution in [2.45, 2.75) is 64.3 Å². The number of alkyl carbamates (subject to hydrolysis) is 1. The van der Waals surface area contributed by atoms with Gasteiger partial charge in [-0.3, -0.25) is 4.98 Å². The Kier molecular flexibility index (Phi) is 6.33. The van der Waals surface area contributed by atoms with E-state index in [1.165, 1.54) is 0 Å². The molecule has 8 heteroatoms. The van der Waals surface area contributed by atoms with E-state index in [2.05, 4.69) is 16.4 Å². The van der Waals surface area contributed by atoms with Gasteiger partial charge in [0.1, 0.15) is 5.60 Å². The van der Waals surface area contributed by atoms with Crippen LogP contribution in [0.2, 0.25) is 0 Å². The zero-order valence-corrected chi connectivity index (χ0v) is 19.2. The van der Waals surface area contributed by atoms with Gasteiger partial charge in [0.15, 0.2) is 0 Å². The Morgan fingerprint density at radius 1 is 1.31 bits per heavy atom. The van der Waals surface area contributed by atoms with Crippen LogP contribution in [0.15, 0.2) is 36.7 Å². The van der Waals surface area contributed by atoms with Crippen LogP contribution in [-0.4, -0.2) is 46.0 Å². The summed E-state index contributed by atoms with van der Waals surface area (Å²) in [5.41, 5.74) is 8.00.